The number of aromatic nitrogens is 1. The quantitative estimate of drug-likeness (QED) is 0.173. The van der Waals surface area contributed by atoms with Crippen molar-refractivity contribution in [3.05, 3.63) is 231 Å². The lowest BCUT2D eigenvalue weighted by Crippen LogP contribution is -2.10. The van der Waals surface area contributed by atoms with Gasteiger partial charge in [-0.05, 0) is 124 Å². The number of ether oxygens (including phenoxy) is 2. The Labute approximate surface area is 371 Å². The summed E-state index contributed by atoms with van der Waals surface area (Å²) < 4.78 is 15.5. The molecule has 0 atom stereocenters. The number of hydrogen-bond acceptors (Lipinski definition) is 3. The van der Waals surface area contributed by atoms with Crippen LogP contribution in [0, 0.1) is 0 Å². The predicted molar refractivity (Wildman–Crippen MR) is 263 cm³/mol. The van der Waals surface area contributed by atoms with Gasteiger partial charge in [-0.2, -0.15) is 0 Å². The third-order valence-electron chi connectivity index (χ3n) is 12.8. The van der Waals surface area contributed by atoms with Gasteiger partial charge in [0.1, 0.15) is 23.0 Å². The second-order valence-electron chi connectivity index (χ2n) is 16.5. The van der Waals surface area contributed by atoms with Crippen molar-refractivity contribution in [3.63, 3.8) is 0 Å². The molecule has 4 nitrogen and oxygen atoms in total. The first-order valence-corrected chi connectivity index (χ1v) is 21.7. The maximum Gasteiger partial charge on any atom is 0.135 e. The van der Waals surface area contributed by atoms with Gasteiger partial charge in [0.15, 0.2) is 0 Å². The van der Waals surface area contributed by atoms with E-state index in [2.05, 4.69) is 210 Å². The van der Waals surface area contributed by atoms with Gasteiger partial charge >= 0.3 is 0 Å². The smallest absolute Gasteiger partial charge is 0.135 e. The summed E-state index contributed by atoms with van der Waals surface area (Å²) in [6.45, 7) is 0. The van der Waals surface area contributed by atoms with Crippen molar-refractivity contribution >= 4 is 38.9 Å². The Kier molecular flexibility index (Phi) is 8.18. The molecule has 300 valence electrons. The fourth-order valence-corrected chi connectivity index (χ4v) is 9.87. The van der Waals surface area contributed by atoms with Crippen LogP contribution >= 0.6 is 0 Å². The van der Waals surface area contributed by atoms with E-state index in [1.807, 2.05) is 30.3 Å². The molecule has 0 spiro atoms. The third kappa shape index (κ3) is 5.77. The molecule has 0 saturated carbocycles. The average molecular weight is 819 g/mol. The topological polar surface area (TPSA) is 26.6 Å². The number of para-hydroxylation sites is 6. The Hall–Kier alpha value is -8.60. The van der Waals surface area contributed by atoms with Gasteiger partial charge in [-0.15, -0.1) is 0 Å². The summed E-state index contributed by atoms with van der Waals surface area (Å²) in [5, 5.41) is 2.40. The standard InChI is InChI=1S/C60H38N2O2/c1-2-14-41(15-3-1)62-55-21-9-4-16-47(55)54-38-44(32-35-56(54)62)61(43-31-34-46-49-18-6-11-23-58(49)64-60-25-13-8-20-51(60)53(46)37-43)42-29-26-39(27-30-42)40-28-33-45-48-17-5-10-22-57(48)63-59-24-12-7-19-50(59)52(45)36-40/h1-38H. The van der Waals surface area contributed by atoms with Gasteiger partial charge in [0.25, 0.3) is 0 Å². The lowest BCUT2D eigenvalue weighted by Gasteiger charge is -2.27. The molecule has 0 N–H and O–H groups in total. The van der Waals surface area contributed by atoms with Crippen molar-refractivity contribution < 1.29 is 9.47 Å². The van der Waals surface area contributed by atoms with E-state index in [1.165, 1.54) is 16.3 Å². The van der Waals surface area contributed by atoms with Crippen molar-refractivity contribution in [2.45, 2.75) is 0 Å². The highest BCUT2D eigenvalue weighted by Crippen LogP contribution is 2.51. The van der Waals surface area contributed by atoms with Crippen molar-refractivity contribution in [1.29, 1.82) is 0 Å². The number of rotatable bonds is 5. The zero-order chi connectivity index (χ0) is 42.1. The van der Waals surface area contributed by atoms with Crippen LogP contribution in [0.15, 0.2) is 231 Å². The van der Waals surface area contributed by atoms with E-state index in [-0.39, 0.29) is 0 Å². The van der Waals surface area contributed by atoms with Crippen LogP contribution in [-0.2, 0) is 0 Å². The van der Waals surface area contributed by atoms with E-state index in [0.717, 1.165) is 107 Å². The number of nitrogens with zero attached hydrogens (tertiary/aromatic N) is 2. The maximum atomic E-state index is 6.59. The molecule has 0 amide bonds. The molecular formula is C60H38N2O2. The molecular weight excluding hydrogens is 781 g/mol. The van der Waals surface area contributed by atoms with Gasteiger partial charge in [-0.1, -0.05) is 140 Å². The lowest BCUT2D eigenvalue weighted by molar-refractivity contribution is 0.487. The van der Waals surface area contributed by atoms with Crippen molar-refractivity contribution in [1.82, 2.24) is 4.57 Å². The molecule has 3 heterocycles. The second kappa shape index (κ2) is 14.5. The van der Waals surface area contributed by atoms with Crippen LogP contribution < -0.4 is 14.4 Å². The zero-order valence-electron chi connectivity index (χ0n) is 34.7. The number of benzene rings is 10. The highest BCUT2D eigenvalue weighted by atomic mass is 16.5. The molecule has 0 saturated heterocycles. The monoisotopic (exact) mass is 818 g/mol. The van der Waals surface area contributed by atoms with Crippen molar-refractivity contribution in [3.8, 4) is 84.3 Å². The Morgan fingerprint density at radius 2 is 0.734 bits per heavy atom. The van der Waals surface area contributed by atoms with Crippen molar-refractivity contribution in [2.75, 3.05) is 4.90 Å². The minimum absolute atomic E-state index is 0.843. The van der Waals surface area contributed by atoms with Gasteiger partial charge in [-0.3, -0.25) is 0 Å². The molecule has 13 rings (SSSR count). The van der Waals surface area contributed by atoms with Gasteiger partial charge in [0, 0.05) is 55.8 Å². The summed E-state index contributed by atoms with van der Waals surface area (Å²) in [5.74, 6) is 3.42. The number of fused-ring (bicyclic) bond motifs is 13. The van der Waals surface area contributed by atoms with Gasteiger partial charge in [0.05, 0.1) is 11.0 Å². The van der Waals surface area contributed by atoms with E-state index in [4.69, 9.17) is 9.47 Å². The first-order valence-electron chi connectivity index (χ1n) is 21.7. The summed E-state index contributed by atoms with van der Waals surface area (Å²) in [7, 11) is 0. The minimum atomic E-state index is 0.843. The van der Waals surface area contributed by atoms with E-state index < -0.39 is 0 Å². The summed E-state index contributed by atoms with van der Waals surface area (Å²) >= 11 is 0. The van der Waals surface area contributed by atoms with Crippen LogP contribution in [0.4, 0.5) is 17.1 Å². The summed E-state index contributed by atoms with van der Waals surface area (Å²) in [6.07, 6.45) is 0. The van der Waals surface area contributed by atoms with Crippen molar-refractivity contribution in [2.24, 2.45) is 0 Å². The molecule has 4 heteroatoms. The summed E-state index contributed by atoms with van der Waals surface area (Å²) in [4.78, 5) is 2.39. The predicted octanol–water partition coefficient (Wildman–Crippen LogP) is 16.8. The van der Waals surface area contributed by atoms with Gasteiger partial charge in [-0.25, -0.2) is 0 Å². The molecule has 64 heavy (non-hydrogen) atoms. The molecule has 2 aliphatic heterocycles. The zero-order valence-corrected chi connectivity index (χ0v) is 34.7. The molecule has 11 aromatic rings. The van der Waals surface area contributed by atoms with E-state index in [9.17, 15) is 0 Å². The Bertz CT molecular complexity index is 3620. The molecule has 10 aromatic carbocycles. The Morgan fingerprint density at radius 1 is 0.281 bits per heavy atom. The Morgan fingerprint density at radius 3 is 1.38 bits per heavy atom. The maximum absolute atomic E-state index is 6.59. The van der Waals surface area contributed by atoms with Crippen LogP contribution in [0.3, 0.4) is 0 Å². The first-order chi connectivity index (χ1) is 31.7. The second-order valence-corrected chi connectivity index (χ2v) is 16.5. The van der Waals surface area contributed by atoms with Crippen LogP contribution in [0.2, 0.25) is 0 Å². The molecule has 0 aliphatic carbocycles. The molecule has 0 fully saturated rings. The highest BCUT2D eigenvalue weighted by Gasteiger charge is 2.25. The summed E-state index contributed by atoms with van der Waals surface area (Å²) in [6, 6.07) is 82.2. The molecule has 1 aromatic heterocycles. The van der Waals surface area contributed by atoms with E-state index in [0.29, 0.717) is 0 Å². The SMILES string of the molecule is c1ccc(-n2c3ccccc3c3cc(N(c4ccc(-c5ccc6c(c5)-c5ccccc5Oc5ccccc5-6)cc4)c4ccc5c(c4)-c4ccccc4Oc4ccccc4-5)ccc32)cc1. The Balaban J connectivity index is 0.986. The fourth-order valence-electron chi connectivity index (χ4n) is 9.87. The van der Waals surface area contributed by atoms with Crippen LogP contribution in [0.1, 0.15) is 0 Å². The normalized spacial score (nSPS) is 12.0. The molecule has 0 radical (unpaired) electrons. The first kappa shape index (κ1) is 36.1. The highest BCUT2D eigenvalue weighted by molar-refractivity contribution is 6.11. The van der Waals surface area contributed by atoms with Crippen LogP contribution in [0.25, 0.3) is 83.1 Å². The van der Waals surface area contributed by atoms with E-state index >= 15 is 0 Å². The van der Waals surface area contributed by atoms with E-state index in [1.54, 1.807) is 0 Å². The fraction of sp³-hybridized carbons (Fsp3) is 0. The summed E-state index contributed by atoms with van der Waals surface area (Å²) in [5.41, 5.74) is 17.8. The lowest BCUT2D eigenvalue weighted by atomic mass is 9.91. The van der Waals surface area contributed by atoms with Crippen LogP contribution in [0.5, 0.6) is 23.0 Å². The number of hydrogen-bond donors (Lipinski definition) is 0. The third-order valence-corrected chi connectivity index (χ3v) is 12.8. The molecule has 0 unspecified atom stereocenters. The minimum Gasteiger partial charge on any atom is -0.456 e. The molecule has 2 aliphatic rings. The van der Waals surface area contributed by atoms with Gasteiger partial charge < -0.3 is 18.9 Å². The number of anilines is 3. The van der Waals surface area contributed by atoms with Gasteiger partial charge in [0.2, 0.25) is 0 Å². The average Bonchev–Trinajstić information content (AvgIpc) is 3.51. The largest absolute Gasteiger partial charge is 0.456 e. The van der Waals surface area contributed by atoms with Crippen LogP contribution in [-0.4, -0.2) is 4.57 Å². The molecule has 0 bridgehead atoms.